The Bertz CT molecular complexity index is 557. The number of carboxylic acids is 1. The highest BCUT2D eigenvalue weighted by Crippen LogP contribution is 2.24. The van der Waals surface area contributed by atoms with E-state index in [-0.39, 0.29) is 5.56 Å². The molecule has 0 saturated carbocycles. The van der Waals surface area contributed by atoms with Gasteiger partial charge in [-0.05, 0) is 30.3 Å². The minimum atomic E-state index is -0.962. The molecule has 0 spiro atoms. The molecule has 1 N–H and O–H groups in total. The molecular formula is C13H10ClNO2S. The molecule has 0 aliphatic heterocycles. The first-order valence-corrected chi connectivity index (χ1v) is 6.58. The van der Waals surface area contributed by atoms with Crippen LogP contribution in [0.15, 0.2) is 47.5 Å². The molecule has 1 heterocycles. The fraction of sp³-hybridized carbons (Fsp3) is 0.0769. The van der Waals surface area contributed by atoms with Gasteiger partial charge >= 0.3 is 5.97 Å². The molecule has 0 amide bonds. The summed E-state index contributed by atoms with van der Waals surface area (Å²) < 4.78 is 0. The van der Waals surface area contributed by atoms with Crippen LogP contribution in [0.5, 0.6) is 0 Å². The number of nitrogens with zero attached hydrogens (tertiary/aromatic N) is 1. The molecule has 0 aliphatic rings. The molecule has 0 atom stereocenters. The van der Waals surface area contributed by atoms with E-state index in [9.17, 15) is 4.79 Å². The molecule has 92 valence electrons. The summed E-state index contributed by atoms with van der Waals surface area (Å²) in [6, 6.07) is 10.9. The maximum atomic E-state index is 10.7. The first-order valence-electron chi connectivity index (χ1n) is 5.22. The quantitative estimate of drug-likeness (QED) is 0.867. The van der Waals surface area contributed by atoms with E-state index in [1.807, 2.05) is 24.3 Å². The molecule has 1 aromatic heterocycles. The second-order valence-electron chi connectivity index (χ2n) is 3.59. The van der Waals surface area contributed by atoms with Gasteiger partial charge in [-0.3, -0.25) is 4.98 Å². The van der Waals surface area contributed by atoms with Gasteiger partial charge in [-0.25, -0.2) is 4.79 Å². The Kier molecular flexibility index (Phi) is 4.23. The summed E-state index contributed by atoms with van der Waals surface area (Å²) >= 11 is 7.50. The SMILES string of the molecule is O=C(O)c1ccc(CSc2cccc(Cl)c2)nc1. The van der Waals surface area contributed by atoms with E-state index in [0.717, 1.165) is 10.6 Å². The third-order valence-corrected chi connectivity index (χ3v) is 3.52. The highest BCUT2D eigenvalue weighted by Gasteiger charge is 2.03. The summed E-state index contributed by atoms with van der Waals surface area (Å²) in [5.74, 6) is -0.281. The predicted molar refractivity (Wildman–Crippen MR) is 72.2 cm³/mol. The number of benzene rings is 1. The third-order valence-electron chi connectivity index (χ3n) is 2.25. The first kappa shape index (κ1) is 12.9. The Morgan fingerprint density at radius 1 is 1.33 bits per heavy atom. The highest BCUT2D eigenvalue weighted by atomic mass is 35.5. The van der Waals surface area contributed by atoms with Crippen LogP contribution >= 0.6 is 23.4 Å². The second-order valence-corrected chi connectivity index (χ2v) is 5.07. The van der Waals surface area contributed by atoms with Crippen LogP contribution in [0.2, 0.25) is 5.02 Å². The van der Waals surface area contributed by atoms with Crippen molar-refractivity contribution in [2.24, 2.45) is 0 Å². The number of rotatable bonds is 4. The van der Waals surface area contributed by atoms with Gasteiger partial charge in [-0.1, -0.05) is 17.7 Å². The van der Waals surface area contributed by atoms with Gasteiger partial charge in [-0.15, -0.1) is 11.8 Å². The standard InChI is InChI=1S/C13H10ClNO2S/c14-10-2-1-3-12(6-10)18-8-11-5-4-9(7-15-11)13(16)17/h1-7H,8H2,(H,16,17). The van der Waals surface area contributed by atoms with Crippen LogP contribution in [-0.4, -0.2) is 16.1 Å². The van der Waals surface area contributed by atoms with Gasteiger partial charge in [0.1, 0.15) is 0 Å². The Morgan fingerprint density at radius 2 is 2.17 bits per heavy atom. The second kappa shape index (κ2) is 5.89. The van der Waals surface area contributed by atoms with Gasteiger partial charge < -0.3 is 5.11 Å². The van der Waals surface area contributed by atoms with Crippen LogP contribution in [0, 0.1) is 0 Å². The van der Waals surface area contributed by atoms with Crippen molar-refractivity contribution >= 4 is 29.3 Å². The number of halogens is 1. The topological polar surface area (TPSA) is 50.2 Å². The van der Waals surface area contributed by atoms with Crippen molar-refractivity contribution in [3.63, 3.8) is 0 Å². The molecule has 0 fully saturated rings. The number of thioether (sulfide) groups is 1. The Hall–Kier alpha value is -1.52. The zero-order valence-electron chi connectivity index (χ0n) is 9.34. The number of carbonyl (C=O) groups is 1. The average molecular weight is 280 g/mol. The maximum Gasteiger partial charge on any atom is 0.337 e. The normalized spacial score (nSPS) is 10.3. The maximum absolute atomic E-state index is 10.7. The van der Waals surface area contributed by atoms with E-state index in [0.29, 0.717) is 10.8 Å². The van der Waals surface area contributed by atoms with Crippen LogP contribution < -0.4 is 0 Å². The number of pyridine rings is 1. The Labute approximate surface area is 114 Å². The van der Waals surface area contributed by atoms with Gasteiger partial charge in [0.25, 0.3) is 0 Å². The molecular weight excluding hydrogens is 270 g/mol. The number of hydrogen-bond acceptors (Lipinski definition) is 3. The molecule has 1 aromatic carbocycles. The van der Waals surface area contributed by atoms with Crippen molar-refractivity contribution in [2.45, 2.75) is 10.6 Å². The van der Waals surface area contributed by atoms with E-state index < -0.39 is 5.97 Å². The summed E-state index contributed by atoms with van der Waals surface area (Å²) in [4.78, 5) is 15.8. The molecule has 5 heteroatoms. The largest absolute Gasteiger partial charge is 0.478 e. The lowest BCUT2D eigenvalue weighted by atomic mass is 10.2. The van der Waals surface area contributed by atoms with E-state index in [1.165, 1.54) is 6.20 Å². The number of aromatic nitrogens is 1. The first-order chi connectivity index (χ1) is 8.65. The summed E-state index contributed by atoms with van der Waals surface area (Å²) in [5.41, 5.74) is 1.04. The van der Waals surface area contributed by atoms with Crippen molar-refractivity contribution in [1.29, 1.82) is 0 Å². The zero-order chi connectivity index (χ0) is 13.0. The van der Waals surface area contributed by atoms with Gasteiger partial charge in [-0.2, -0.15) is 0 Å². The summed E-state index contributed by atoms with van der Waals surface area (Å²) in [6.45, 7) is 0. The molecule has 0 bridgehead atoms. The van der Waals surface area contributed by atoms with Crippen LogP contribution in [-0.2, 0) is 5.75 Å². The van der Waals surface area contributed by atoms with E-state index in [2.05, 4.69) is 4.98 Å². The lowest BCUT2D eigenvalue weighted by Gasteiger charge is -2.02. The molecule has 0 aliphatic carbocycles. The monoisotopic (exact) mass is 279 g/mol. The summed E-state index contributed by atoms with van der Waals surface area (Å²) in [6.07, 6.45) is 1.37. The lowest BCUT2D eigenvalue weighted by Crippen LogP contribution is -1.97. The number of aromatic carboxylic acids is 1. The van der Waals surface area contributed by atoms with Crippen molar-refractivity contribution in [1.82, 2.24) is 4.98 Å². The van der Waals surface area contributed by atoms with E-state index >= 15 is 0 Å². The molecule has 2 rings (SSSR count). The van der Waals surface area contributed by atoms with Crippen LogP contribution in [0.1, 0.15) is 16.1 Å². The number of carboxylic acid groups (broad SMARTS) is 1. The highest BCUT2D eigenvalue weighted by molar-refractivity contribution is 7.98. The van der Waals surface area contributed by atoms with Crippen LogP contribution in [0.3, 0.4) is 0 Å². The van der Waals surface area contributed by atoms with Crippen LogP contribution in [0.4, 0.5) is 0 Å². The summed E-state index contributed by atoms with van der Waals surface area (Å²) in [5, 5.41) is 9.46. The molecule has 0 radical (unpaired) electrons. The van der Waals surface area contributed by atoms with Gasteiger partial charge in [0.05, 0.1) is 11.3 Å². The minimum Gasteiger partial charge on any atom is -0.478 e. The molecule has 3 nitrogen and oxygen atoms in total. The average Bonchev–Trinajstić information content (AvgIpc) is 2.37. The van der Waals surface area contributed by atoms with Gasteiger partial charge in [0, 0.05) is 21.9 Å². The smallest absolute Gasteiger partial charge is 0.337 e. The van der Waals surface area contributed by atoms with E-state index in [4.69, 9.17) is 16.7 Å². The third kappa shape index (κ3) is 3.48. The van der Waals surface area contributed by atoms with Crippen molar-refractivity contribution < 1.29 is 9.90 Å². The summed E-state index contributed by atoms with van der Waals surface area (Å²) in [7, 11) is 0. The molecule has 2 aromatic rings. The van der Waals surface area contributed by atoms with Gasteiger partial charge in [0.15, 0.2) is 0 Å². The molecule has 0 unspecified atom stereocenters. The Morgan fingerprint density at radius 3 is 2.78 bits per heavy atom. The lowest BCUT2D eigenvalue weighted by molar-refractivity contribution is 0.0696. The van der Waals surface area contributed by atoms with Crippen molar-refractivity contribution in [2.75, 3.05) is 0 Å². The van der Waals surface area contributed by atoms with Crippen molar-refractivity contribution in [3.05, 3.63) is 58.9 Å². The fourth-order valence-corrected chi connectivity index (χ4v) is 2.48. The fourth-order valence-electron chi connectivity index (χ4n) is 1.35. The minimum absolute atomic E-state index is 0.200. The predicted octanol–water partition coefficient (Wildman–Crippen LogP) is 3.73. The van der Waals surface area contributed by atoms with Gasteiger partial charge in [0.2, 0.25) is 0 Å². The number of hydrogen-bond donors (Lipinski definition) is 1. The zero-order valence-corrected chi connectivity index (χ0v) is 10.9. The Balaban J connectivity index is 2.00. The molecule has 18 heavy (non-hydrogen) atoms. The van der Waals surface area contributed by atoms with E-state index in [1.54, 1.807) is 23.9 Å². The molecule has 0 saturated heterocycles. The van der Waals surface area contributed by atoms with Crippen LogP contribution in [0.25, 0.3) is 0 Å². The van der Waals surface area contributed by atoms with Crippen molar-refractivity contribution in [3.8, 4) is 0 Å².